The number of hydrogen-bond acceptors (Lipinski definition) is 6. The van der Waals surface area contributed by atoms with Gasteiger partial charge in [0, 0.05) is 31.7 Å². The highest BCUT2D eigenvalue weighted by molar-refractivity contribution is 7.91. The van der Waals surface area contributed by atoms with Gasteiger partial charge in [0.05, 0.1) is 12.8 Å². The van der Waals surface area contributed by atoms with E-state index >= 15 is 0 Å². The molecule has 29 heavy (non-hydrogen) atoms. The van der Waals surface area contributed by atoms with Crippen molar-refractivity contribution in [1.82, 2.24) is 19.4 Å². The number of hydrogen-bond donors (Lipinski definition) is 1. The van der Waals surface area contributed by atoms with Crippen molar-refractivity contribution < 1.29 is 17.9 Å². The summed E-state index contributed by atoms with van der Waals surface area (Å²) in [5.74, 6) is 0.515. The fourth-order valence-electron chi connectivity index (χ4n) is 3.20. The molecule has 1 saturated heterocycles. The molecule has 1 aromatic carbocycles. The molecule has 1 amide bonds. The van der Waals surface area contributed by atoms with Crippen LogP contribution in [0.15, 0.2) is 52.1 Å². The third kappa shape index (κ3) is 3.91. The van der Waals surface area contributed by atoms with Gasteiger partial charge in [-0.2, -0.15) is 9.40 Å². The third-order valence-electron chi connectivity index (χ3n) is 4.79. The maximum absolute atomic E-state index is 12.8. The topological polar surface area (TPSA) is 95.6 Å². The first-order valence-electron chi connectivity index (χ1n) is 9.02. The summed E-state index contributed by atoms with van der Waals surface area (Å²) >= 11 is 1.20. The van der Waals surface area contributed by atoms with E-state index < -0.39 is 10.0 Å². The van der Waals surface area contributed by atoms with Gasteiger partial charge in [-0.3, -0.25) is 9.89 Å². The number of benzene rings is 1. The van der Waals surface area contributed by atoms with E-state index in [0.717, 1.165) is 5.56 Å². The van der Waals surface area contributed by atoms with E-state index in [0.29, 0.717) is 34.4 Å². The lowest BCUT2D eigenvalue weighted by Crippen LogP contribution is -2.50. The number of ether oxygens (including phenoxy) is 1. The molecule has 1 N–H and O–H groups in total. The van der Waals surface area contributed by atoms with Crippen LogP contribution in [0.25, 0.3) is 11.3 Å². The van der Waals surface area contributed by atoms with Crippen molar-refractivity contribution >= 4 is 27.3 Å². The van der Waals surface area contributed by atoms with E-state index in [-0.39, 0.29) is 19.0 Å². The van der Waals surface area contributed by atoms with E-state index in [1.807, 2.05) is 24.3 Å². The zero-order valence-electron chi connectivity index (χ0n) is 15.7. The van der Waals surface area contributed by atoms with E-state index in [1.165, 1.54) is 15.6 Å². The summed E-state index contributed by atoms with van der Waals surface area (Å²) in [7, 11) is -1.89. The van der Waals surface area contributed by atoms with Crippen molar-refractivity contribution in [3.63, 3.8) is 0 Å². The van der Waals surface area contributed by atoms with Crippen LogP contribution >= 0.6 is 11.3 Å². The van der Waals surface area contributed by atoms with Crippen LogP contribution < -0.4 is 4.74 Å². The number of thiophene rings is 1. The van der Waals surface area contributed by atoms with Gasteiger partial charge in [-0.05, 0) is 29.6 Å². The molecule has 10 heteroatoms. The summed E-state index contributed by atoms with van der Waals surface area (Å²) in [6, 6.07) is 12.5. The lowest BCUT2D eigenvalue weighted by Gasteiger charge is -2.33. The zero-order valence-corrected chi connectivity index (χ0v) is 17.4. The second kappa shape index (κ2) is 7.97. The highest BCUT2D eigenvalue weighted by atomic mass is 32.2. The summed E-state index contributed by atoms with van der Waals surface area (Å²) < 4.78 is 32.2. The minimum Gasteiger partial charge on any atom is -0.497 e. The standard InChI is InChI=1S/C19H20N4O4S2/c1-27-15-5-2-4-14(12-15)16-13-17(21-20-16)19(24)22-7-9-23(10-8-22)29(25,26)18-6-3-11-28-18/h2-6,11-13H,7-10H2,1H3,(H,20,21). The molecule has 3 heterocycles. The molecule has 0 saturated carbocycles. The van der Waals surface area contributed by atoms with Crippen molar-refractivity contribution in [2.45, 2.75) is 4.21 Å². The molecule has 1 aliphatic rings. The first-order valence-corrected chi connectivity index (χ1v) is 11.3. The SMILES string of the molecule is COc1cccc(-c2cc(C(=O)N3CCN(S(=O)(=O)c4cccs4)CC3)[nH]n2)c1. The predicted molar refractivity (Wildman–Crippen MR) is 110 cm³/mol. The Morgan fingerprint density at radius 3 is 2.62 bits per heavy atom. The van der Waals surface area contributed by atoms with Crippen molar-refractivity contribution in [3.8, 4) is 17.0 Å². The molecular weight excluding hydrogens is 412 g/mol. The van der Waals surface area contributed by atoms with Crippen LogP contribution in [0.3, 0.4) is 0 Å². The smallest absolute Gasteiger partial charge is 0.271 e. The molecule has 0 spiro atoms. The Hall–Kier alpha value is -2.69. The van der Waals surface area contributed by atoms with E-state index in [2.05, 4.69) is 10.2 Å². The van der Waals surface area contributed by atoms with Gasteiger partial charge in [0.2, 0.25) is 0 Å². The number of methoxy groups -OCH3 is 1. The van der Waals surface area contributed by atoms with Gasteiger partial charge in [-0.15, -0.1) is 11.3 Å². The van der Waals surface area contributed by atoms with Crippen LogP contribution in [-0.2, 0) is 10.0 Å². The number of nitrogens with one attached hydrogen (secondary N) is 1. The number of amides is 1. The van der Waals surface area contributed by atoms with Crippen LogP contribution in [0.1, 0.15) is 10.5 Å². The Kier molecular flexibility index (Phi) is 5.39. The number of H-pyrrole nitrogens is 1. The van der Waals surface area contributed by atoms with Gasteiger partial charge in [0.1, 0.15) is 15.7 Å². The summed E-state index contributed by atoms with van der Waals surface area (Å²) in [6.07, 6.45) is 0. The number of rotatable bonds is 5. The van der Waals surface area contributed by atoms with Crippen LogP contribution in [0, 0.1) is 0 Å². The Morgan fingerprint density at radius 2 is 1.93 bits per heavy atom. The molecule has 1 aliphatic heterocycles. The summed E-state index contributed by atoms with van der Waals surface area (Å²) in [5, 5.41) is 8.76. The normalized spacial score (nSPS) is 15.4. The number of carbonyl (C=O) groups is 1. The van der Waals surface area contributed by atoms with Crippen LogP contribution in [0.5, 0.6) is 5.75 Å². The maximum Gasteiger partial charge on any atom is 0.271 e. The molecule has 0 radical (unpaired) electrons. The predicted octanol–water partition coefficient (Wildman–Crippen LogP) is 2.29. The number of aromatic nitrogens is 2. The van der Waals surface area contributed by atoms with Crippen LogP contribution in [0.4, 0.5) is 0 Å². The lowest BCUT2D eigenvalue weighted by molar-refractivity contribution is 0.0692. The fraction of sp³-hybridized carbons (Fsp3) is 0.263. The second-order valence-corrected chi connectivity index (χ2v) is 9.64. The Morgan fingerprint density at radius 1 is 1.14 bits per heavy atom. The average molecular weight is 433 g/mol. The molecule has 3 aromatic rings. The maximum atomic E-state index is 12.8. The molecule has 1 fully saturated rings. The molecule has 8 nitrogen and oxygen atoms in total. The van der Waals surface area contributed by atoms with E-state index in [9.17, 15) is 13.2 Å². The molecule has 0 unspecified atom stereocenters. The van der Waals surface area contributed by atoms with Gasteiger partial charge in [-0.25, -0.2) is 8.42 Å². The molecule has 0 aliphatic carbocycles. The number of nitrogens with zero attached hydrogens (tertiary/aromatic N) is 3. The molecule has 0 bridgehead atoms. The lowest BCUT2D eigenvalue weighted by atomic mass is 10.1. The summed E-state index contributed by atoms with van der Waals surface area (Å²) in [4.78, 5) is 14.5. The number of sulfonamides is 1. The highest BCUT2D eigenvalue weighted by Gasteiger charge is 2.31. The largest absolute Gasteiger partial charge is 0.497 e. The minimum absolute atomic E-state index is 0.195. The highest BCUT2D eigenvalue weighted by Crippen LogP contribution is 2.24. The van der Waals surface area contributed by atoms with Crippen molar-refractivity contribution in [2.24, 2.45) is 0 Å². The first kappa shape index (κ1) is 19.6. The van der Waals surface area contributed by atoms with Crippen molar-refractivity contribution in [2.75, 3.05) is 33.3 Å². The van der Waals surface area contributed by atoms with Gasteiger partial charge < -0.3 is 9.64 Å². The molecule has 0 atom stereocenters. The molecule has 4 rings (SSSR count). The zero-order chi connectivity index (χ0) is 20.4. The Balaban J connectivity index is 1.43. The van der Waals surface area contributed by atoms with E-state index in [1.54, 1.807) is 35.6 Å². The van der Waals surface area contributed by atoms with Crippen LogP contribution in [-0.4, -0.2) is 67.0 Å². The van der Waals surface area contributed by atoms with Crippen LogP contribution in [0.2, 0.25) is 0 Å². The van der Waals surface area contributed by atoms with Crippen molar-refractivity contribution in [1.29, 1.82) is 0 Å². The fourth-order valence-corrected chi connectivity index (χ4v) is 5.77. The van der Waals surface area contributed by atoms with Gasteiger partial charge in [0.15, 0.2) is 0 Å². The Labute approximate surface area is 172 Å². The first-order chi connectivity index (χ1) is 14.0. The van der Waals surface area contributed by atoms with E-state index in [4.69, 9.17) is 4.74 Å². The summed E-state index contributed by atoms with van der Waals surface area (Å²) in [6.45, 7) is 1.19. The van der Waals surface area contributed by atoms with Crippen molar-refractivity contribution in [3.05, 3.63) is 53.5 Å². The molecule has 152 valence electrons. The second-order valence-electron chi connectivity index (χ2n) is 6.53. The van der Waals surface area contributed by atoms with Gasteiger partial charge in [0.25, 0.3) is 15.9 Å². The number of carbonyl (C=O) groups excluding carboxylic acids is 1. The molecular formula is C19H20N4O4S2. The quantitative estimate of drug-likeness (QED) is 0.667. The summed E-state index contributed by atoms with van der Waals surface area (Å²) in [5.41, 5.74) is 1.86. The monoisotopic (exact) mass is 432 g/mol. The molecule has 2 aromatic heterocycles. The number of aromatic amines is 1. The minimum atomic E-state index is -3.49. The van der Waals surface area contributed by atoms with Gasteiger partial charge >= 0.3 is 0 Å². The average Bonchev–Trinajstić information content (AvgIpc) is 3.46. The Bertz CT molecular complexity index is 1100. The number of piperazine rings is 1. The third-order valence-corrected chi connectivity index (χ3v) is 8.06. The van der Waals surface area contributed by atoms with Gasteiger partial charge in [-0.1, -0.05) is 18.2 Å².